The molecular formula is C13H22N4O2. The number of hydrogen-bond acceptors (Lipinski definition) is 5. The molecule has 0 fully saturated rings. The van der Waals surface area contributed by atoms with Crippen LogP contribution in [0.25, 0.3) is 0 Å². The molecule has 2 N–H and O–H groups in total. The minimum absolute atomic E-state index is 0.0151. The number of nitro groups is 1. The number of nitrogens with zero attached hydrogens (tertiary/aromatic N) is 2. The quantitative estimate of drug-likeness (QED) is 0.428. The molecule has 0 aliphatic heterocycles. The predicted octanol–water partition coefficient (Wildman–Crippen LogP) is 3.41. The van der Waals surface area contributed by atoms with Crippen molar-refractivity contribution < 1.29 is 4.92 Å². The Balaban J connectivity index is 2.76. The second-order valence-corrected chi connectivity index (χ2v) is 4.61. The SMILES string of the molecule is CCCCCC(C)Nc1nc(NC)ccc1[N+](=O)[O-]. The summed E-state index contributed by atoms with van der Waals surface area (Å²) < 4.78 is 0. The zero-order valence-electron chi connectivity index (χ0n) is 11.8. The van der Waals surface area contributed by atoms with Crippen molar-refractivity contribution in [1.29, 1.82) is 0 Å². The number of hydrogen-bond donors (Lipinski definition) is 2. The fourth-order valence-corrected chi connectivity index (χ4v) is 1.85. The highest BCUT2D eigenvalue weighted by molar-refractivity contribution is 5.60. The number of nitrogens with one attached hydrogen (secondary N) is 2. The van der Waals surface area contributed by atoms with E-state index in [0.29, 0.717) is 11.6 Å². The van der Waals surface area contributed by atoms with Gasteiger partial charge >= 0.3 is 5.69 Å². The molecule has 106 valence electrons. The van der Waals surface area contributed by atoms with Crippen LogP contribution < -0.4 is 10.6 Å². The third kappa shape index (κ3) is 4.73. The average Bonchev–Trinajstić information content (AvgIpc) is 2.38. The Hall–Kier alpha value is -1.85. The van der Waals surface area contributed by atoms with E-state index in [1.165, 1.54) is 18.9 Å². The molecule has 0 aliphatic carbocycles. The molecule has 0 spiro atoms. The maximum atomic E-state index is 11.0. The summed E-state index contributed by atoms with van der Waals surface area (Å²) in [7, 11) is 1.74. The molecule has 0 amide bonds. The van der Waals surface area contributed by atoms with Crippen LogP contribution in [0.3, 0.4) is 0 Å². The number of aromatic nitrogens is 1. The van der Waals surface area contributed by atoms with Crippen LogP contribution in [0.4, 0.5) is 17.3 Å². The maximum Gasteiger partial charge on any atom is 0.311 e. The third-order valence-corrected chi connectivity index (χ3v) is 2.95. The van der Waals surface area contributed by atoms with Gasteiger partial charge in [0.1, 0.15) is 5.82 Å². The van der Waals surface area contributed by atoms with Crippen molar-refractivity contribution in [3.05, 3.63) is 22.2 Å². The van der Waals surface area contributed by atoms with Crippen LogP contribution in [0, 0.1) is 10.1 Å². The number of unbranched alkanes of at least 4 members (excludes halogenated alkanes) is 2. The molecule has 0 aliphatic rings. The molecule has 1 aromatic rings. The van der Waals surface area contributed by atoms with Gasteiger partial charge in [-0.05, 0) is 19.4 Å². The summed E-state index contributed by atoms with van der Waals surface area (Å²) >= 11 is 0. The summed E-state index contributed by atoms with van der Waals surface area (Å²) in [5, 5.41) is 17.0. The summed E-state index contributed by atoms with van der Waals surface area (Å²) in [6, 6.07) is 3.25. The van der Waals surface area contributed by atoms with Crippen LogP contribution in [0.1, 0.15) is 39.5 Å². The van der Waals surface area contributed by atoms with Gasteiger partial charge in [-0.15, -0.1) is 0 Å². The van der Waals surface area contributed by atoms with E-state index in [0.717, 1.165) is 12.8 Å². The lowest BCUT2D eigenvalue weighted by Crippen LogP contribution is -2.17. The van der Waals surface area contributed by atoms with Crippen LogP contribution in [0.5, 0.6) is 0 Å². The molecule has 0 aromatic carbocycles. The largest absolute Gasteiger partial charge is 0.373 e. The first-order valence-electron chi connectivity index (χ1n) is 6.68. The number of anilines is 2. The Labute approximate surface area is 113 Å². The number of pyridine rings is 1. The predicted molar refractivity (Wildman–Crippen MR) is 77.7 cm³/mol. The van der Waals surface area contributed by atoms with Gasteiger partial charge in [0.25, 0.3) is 0 Å². The van der Waals surface area contributed by atoms with Gasteiger partial charge in [-0.1, -0.05) is 26.2 Å². The van der Waals surface area contributed by atoms with Crippen LogP contribution in [0.15, 0.2) is 12.1 Å². The first-order valence-corrected chi connectivity index (χ1v) is 6.68. The molecule has 1 heterocycles. The van der Waals surface area contributed by atoms with E-state index < -0.39 is 4.92 Å². The van der Waals surface area contributed by atoms with Crippen molar-refractivity contribution in [2.45, 2.75) is 45.6 Å². The summed E-state index contributed by atoms with van der Waals surface area (Å²) in [6.45, 7) is 4.17. The molecule has 1 aromatic heterocycles. The lowest BCUT2D eigenvalue weighted by Gasteiger charge is -2.14. The van der Waals surface area contributed by atoms with Crippen molar-refractivity contribution in [3.63, 3.8) is 0 Å². The molecule has 0 bridgehead atoms. The molecule has 1 rings (SSSR count). The molecule has 0 saturated carbocycles. The fraction of sp³-hybridized carbons (Fsp3) is 0.615. The fourth-order valence-electron chi connectivity index (χ4n) is 1.85. The highest BCUT2D eigenvalue weighted by Gasteiger charge is 2.17. The molecule has 6 nitrogen and oxygen atoms in total. The van der Waals surface area contributed by atoms with E-state index in [1.807, 2.05) is 6.92 Å². The zero-order valence-corrected chi connectivity index (χ0v) is 11.8. The van der Waals surface area contributed by atoms with Gasteiger partial charge in [-0.3, -0.25) is 10.1 Å². The first kappa shape index (κ1) is 15.2. The summed E-state index contributed by atoms with van der Waals surface area (Å²) in [5.74, 6) is 0.953. The maximum absolute atomic E-state index is 11.0. The van der Waals surface area contributed by atoms with Gasteiger partial charge in [0.15, 0.2) is 0 Å². The Kier molecular flexibility index (Phi) is 6.05. The molecule has 0 radical (unpaired) electrons. The lowest BCUT2D eigenvalue weighted by atomic mass is 10.1. The standard InChI is InChI=1S/C13H22N4O2/c1-4-5-6-7-10(2)15-13-11(17(18)19)8-9-12(14-3)16-13/h8-10H,4-7H2,1-3H3,(H2,14,15,16). The molecular weight excluding hydrogens is 244 g/mol. The van der Waals surface area contributed by atoms with E-state index in [9.17, 15) is 10.1 Å². The van der Waals surface area contributed by atoms with Crippen LogP contribution >= 0.6 is 0 Å². The zero-order chi connectivity index (χ0) is 14.3. The molecule has 19 heavy (non-hydrogen) atoms. The highest BCUT2D eigenvalue weighted by atomic mass is 16.6. The van der Waals surface area contributed by atoms with Crippen molar-refractivity contribution >= 4 is 17.3 Å². The molecule has 1 unspecified atom stereocenters. The second kappa shape index (κ2) is 7.56. The smallest absolute Gasteiger partial charge is 0.311 e. The average molecular weight is 266 g/mol. The van der Waals surface area contributed by atoms with E-state index in [1.54, 1.807) is 13.1 Å². The summed E-state index contributed by atoms with van der Waals surface area (Å²) in [4.78, 5) is 14.8. The first-order chi connectivity index (χ1) is 9.08. The molecule has 6 heteroatoms. The second-order valence-electron chi connectivity index (χ2n) is 4.61. The summed E-state index contributed by atoms with van der Waals surface area (Å²) in [6.07, 6.45) is 4.44. The van der Waals surface area contributed by atoms with Crippen LogP contribution in [0.2, 0.25) is 0 Å². The van der Waals surface area contributed by atoms with Gasteiger partial charge in [0, 0.05) is 19.2 Å². The molecule has 0 saturated heterocycles. The number of rotatable bonds is 8. The van der Waals surface area contributed by atoms with Gasteiger partial charge in [0.05, 0.1) is 4.92 Å². The van der Waals surface area contributed by atoms with Crippen LogP contribution in [-0.4, -0.2) is 23.0 Å². The Morgan fingerprint density at radius 3 is 2.74 bits per heavy atom. The van der Waals surface area contributed by atoms with E-state index in [2.05, 4.69) is 22.5 Å². The third-order valence-electron chi connectivity index (χ3n) is 2.95. The Morgan fingerprint density at radius 1 is 1.42 bits per heavy atom. The van der Waals surface area contributed by atoms with Crippen molar-refractivity contribution in [2.75, 3.05) is 17.7 Å². The summed E-state index contributed by atoms with van der Waals surface area (Å²) in [5.41, 5.74) is 0.0151. The van der Waals surface area contributed by atoms with Gasteiger partial charge in [0.2, 0.25) is 5.82 Å². The van der Waals surface area contributed by atoms with Crippen molar-refractivity contribution in [3.8, 4) is 0 Å². The molecule has 1 atom stereocenters. The van der Waals surface area contributed by atoms with Gasteiger partial charge < -0.3 is 10.6 Å². The van der Waals surface area contributed by atoms with Crippen LogP contribution in [-0.2, 0) is 0 Å². The van der Waals surface area contributed by atoms with Crippen molar-refractivity contribution in [2.24, 2.45) is 0 Å². The Bertz CT molecular complexity index is 423. The topological polar surface area (TPSA) is 80.1 Å². The monoisotopic (exact) mass is 266 g/mol. The normalized spacial score (nSPS) is 11.9. The van der Waals surface area contributed by atoms with Gasteiger partial charge in [-0.25, -0.2) is 4.98 Å². The minimum atomic E-state index is -0.409. The van der Waals surface area contributed by atoms with E-state index >= 15 is 0 Å². The Morgan fingerprint density at radius 2 is 2.16 bits per heavy atom. The van der Waals surface area contributed by atoms with E-state index in [4.69, 9.17) is 0 Å². The minimum Gasteiger partial charge on any atom is -0.373 e. The van der Waals surface area contributed by atoms with E-state index in [-0.39, 0.29) is 11.7 Å². The lowest BCUT2D eigenvalue weighted by molar-refractivity contribution is -0.384. The van der Waals surface area contributed by atoms with Gasteiger partial charge in [-0.2, -0.15) is 0 Å². The highest BCUT2D eigenvalue weighted by Crippen LogP contribution is 2.25. The van der Waals surface area contributed by atoms with Crippen molar-refractivity contribution in [1.82, 2.24) is 4.98 Å².